The first-order valence-corrected chi connectivity index (χ1v) is 7.58. The zero-order chi connectivity index (χ0) is 13.8. The van der Waals surface area contributed by atoms with Crippen LogP contribution >= 0.6 is 0 Å². The third-order valence-electron chi connectivity index (χ3n) is 4.43. The minimum Gasteiger partial charge on any atom is -0.315 e. The van der Waals surface area contributed by atoms with Gasteiger partial charge in [-0.1, -0.05) is 32.0 Å². The molecule has 2 heteroatoms. The lowest BCUT2D eigenvalue weighted by Crippen LogP contribution is -2.34. The molecule has 19 heavy (non-hydrogen) atoms. The second-order valence-corrected chi connectivity index (χ2v) is 6.22. The molecule has 1 aromatic carbocycles. The highest BCUT2D eigenvalue weighted by Crippen LogP contribution is 2.19. The minimum atomic E-state index is 0.621. The van der Waals surface area contributed by atoms with Crippen LogP contribution in [0.3, 0.4) is 0 Å². The van der Waals surface area contributed by atoms with Crippen LogP contribution in [0.15, 0.2) is 18.2 Å². The quantitative estimate of drug-likeness (QED) is 0.875. The Morgan fingerprint density at radius 3 is 2.79 bits per heavy atom. The number of aryl methyl sites for hydroxylation is 1. The van der Waals surface area contributed by atoms with Crippen molar-refractivity contribution >= 4 is 0 Å². The van der Waals surface area contributed by atoms with E-state index in [0.717, 1.165) is 19.1 Å². The standard InChI is InChI=1S/C17H28N2/c1-13(2)15-6-5-14(3)16(11-15)8-10-19(4)17-7-9-18-12-17/h5-6,11,13,17-18H,7-10,12H2,1-4H3. The zero-order valence-corrected chi connectivity index (χ0v) is 12.9. The maximum Gasteiger partial charge on any atom is 0.0229 e. The Bertz CT molecular complexity index is 406. The molecule has 1 aromatic rings. The van der Waals surface area contributed by atoms with Gasteiger partial charge in [-0.25, -0.2) is 0 Å². The van der Waals surface area contributed by atoms with Crippen molar-refractivity contribution in [1.82, 2.24) is 10.2 Å². The van der Waals surface area contributed by atoms with Gasteiger partial charge in [0.1, 0.15) is 0 Å². The van der Waals surface area contributed by atoms with Crippen molar-refractivity contribution in [3.8, 4) is 0 Å². The first-order valence-electron chi connectivity index (χ1n) is 7.58. The second-order valence-electron chi connectivity index (χ2n) is 6.22. The Morgan fingerprint density at radius 2 is 2.16 bits per heavy atom. The van der Waals surface area contributed by atoms with Gasteiger partial charge in [-0.15, -0.1) is 0 Å². The molecular formula is C17H28N2. The minimum absolute atomic E-state index is 0.621. The number of nitrogens with zero attached hydrogens (tertiary/aromatic N) is 1. The third-order valence-corrected chi connectivity index (χ3v) is 4.43. The fourth-order valence-electron chi connectivity index (χ4n) is 2.81. The van der Waals surface area contributed by atoms with Crippen LogP contribution in [-0.4, -0.2) is 37.6 Å². The number of likely N-dealkylation sites (N-methyl/N-ethyl adjacent to an activating group) is 1. The SMILES string of the molecule is Cc1ccc(C(C)C)cc1CCN(C)C1CCNC1. The summed E-state index contributed by atoms with van der Waals surface area (Å²) in [5.41, 5.74) is 4.41. The molecule has 1 unspecified atom stereocenters. The number of hydrogen-bond donors (Lipinski definition) is 1. The van der Waals surface area contributed by atoms with E-state index in [-0.39, 0.29) is 0 Å². The average molecular weight is 260 g/mol. The smallest absolute Gasteiger partial charge is 0.0229 e. The molecule has 0 aliphatic carbocycles. The molecular weight excluding hydrogens is 232 g/mol. The summed E-state index contributed by atoms with van der Waals surface area (Å²) in [5, 5.41) is 3.45. The van der Waals surface area contributed by atoms with Crippen molar-refractivity contribution in [2.75, 3.05) is 26.7 Å². The van der Waals surface area contributed by atoms with Crippen molar-refractivity contribution in [3.63, 3.8) is 0 Å². The predicted molar refractivity (Wildman–Crippen MR) is 82.9 cm³/mol. The Labute approximate surface area is 118 Å². The van der Waals surface area contributed by atoms with E-state index >= 15 is 0 Å². The Morgan fingerprint density at radius 1 is 1.37 bits per heavy atom. The van der Waals surface area contributed by atoms with Crippen LogP contribution < -0.4 is 5.32 Å². The summed E-state index contributed by atoms with van der Waals surface area (Å²) in [7, 11) is 2.26. The first-order chi connectivity index (χ1) is 9.08. The number of nitrogens with one attached hydrogen (secondary N) is 1. The Hall–Kier alpha value is -0.860. The molecule has 1 saturated heterocycles. The molecule has 1 aliphatic heterocycles. The lowest BCUT2D eigenvalue weighted by atomic mass is 9.96. The van der Waals surface area contributed by atoms with E-state index < -0.39 is 0 Å². The molecule has 1 N–H and O–H groups in total. The van der Waals surface area contributed by atoms with Crippen molar-refractivity contribution in [2.24, 2.45) is 0 Å². The number of hydrogen-bond acceptors (Lipinski definition) is 2. The molecule has 2 nitrogen and oxygen atoms in total. The predicted octanol–water partition coefficient (Wildman–Crippen LogP) is 2.95. The lowest BCUT2D eigenvalue weighted by Gasteiger charge is -2.24. The van der Waals surface area contributed by atoms with E-state index in [4.69, 9.17) is 0 Å². The van der Waals surface area contributed by atoms with Crippen molar-refractivity contribution in [3.05, 3.63) is 34.9 Å². The van der Waals surface area contributed by atoms with Crippen LogP contribution in [0.4, 0.5) is 0 Å². The van der Waals surface area contributed by atoms with Gasteiger partial charge in [0.25, 0.3) is 0 Å². The van der Waals surface area contributed by atoms with Gasteiger partial charge in [-0.3, -0.25) is 0 Å². The summed E-state index contributed by atoms with van der Waals surface area (Å²) in [6, 6.07) is 7.69. The average Bonchev–Trinajstić information content (AvgIpc) is 2.91. The molecule has 1 fully saturated rings. The highest BCUT2D eigenvalue weighted by Gasteiger charge is 2.18. The Kier molecular flexibility index (Phi) is 5.00. The maximum absolute atomic E-state index is 3.45. The van der Waals surface area contributed by atoms with Crippen LogP contribution in [0.1, 0.15) is 42.9 Å². The highest BCUT2D eigenvalue weighted by atomic mass is 15.2. The van der Waals surface area contributed by atoms with Gasteiger partial charge in [0.2, 0.25) is 0 Å². The third kappa shape index (κ3) is 3.80. The molecule has 0 amide bonds. The summed E-state index contributed by atoms with van der Waals surface area (Å²) < 4.78 is 0. The van der Waals surface area contributed by atoms with Gasteiger partial charge in [0, 0.05) is 19.1 Å². The van der Waals surface area contributed by atoms with Gasteiger partial charge < -0.3 is 10.2 Å². The second kappa shape index (κ2) is 6.53. The van der Waals surface area contributed by atoms with Crippen LogP contribution in [0.2, 0.25) is 0 Å². The van der Waals surface area contributed by atoms with E-state index in [1.165, 1.54) is 36.1 Å². The molecule has 0 spiro atoms. The van der Waals surface area contributed by atoms with E-state index in [2.05, 4.69) is 56.2 Å². The molecule has 106 valence electrons. The normalized spacial score (nSPS) is 19.6. The summed E-state index contributed by atoms with van der Waals surface area (Å²) >= 11 is 0. The molecule has 1 aliphatic rings. The fraction of sp³-hybridized carbons (Fsp3) is 0.647. The zero-order valence-electron chi connectivity index (χ0n) is 12.9. The van der Waals surface area contributed by atoms with E-state index in [1.54, 1.807) is 0 Å². The van der Waals surface area contributed by atoms with Crippen molar-refractivity contribution in [2.45, 2.75) is 45.6 Å². The van der Waals surface area contributed by atoms with Gasteiger partial charge in [-0.05, 0) is 56.0 Å². The summed E-state index contributed by atoms with van der Waals surface area (Å²) in [6.07, 6.45) is 2.46. The van der Waals surface area contributed by atoms with Gasteiger partial charge in [0.15, 0.2) is 0 Å². The Balaban J connectivity index is 1.96. The molecule has 1 heterocycles. The van der Waals surface area contributed by atoms with Gasteiger partial charge in [-0.2, -0.15) is 0 Å². The monoisotopic (exact) mass is 260 g/mol. The topological polar surface area (TPSA) is 15.3 Å². The summed E-state index contributed by atoms with van der Waals surface area (Å²) in [4.78, 5) is 2.52. The molecule has 0 aromatic heterocycles. The van der Waals surface area contributed by atoms with Crippen LogP contribution in [0.25, 0.3) is 0 Å². The largest absolute Gasteiger partial charge is 0.315 e. The molecule has 1 atom stereocenters. The fourth-order valence-corrected chi connectivity index (χ4v) is 2.81. The lowest BCUT2D eigenvalue weighted by molar-refractivity contribution is 0.260. The van der Waals surface area contributed by atoms with E-state index in [9.17, 15) is 0 Å². The van der Waals surface area contributed by atoms with Crippen molar-refractivity contribution < 1.29 is 0 Å². The van der Waals surface area contributed by atoms with E-state index in [0.29, 0.717) is 5.92 Å². The molecule has 0 saturated carbocycles. The molecule has 0 radical (unpaired) electrons. The summed E-state index contributed by atoms with van der Waals surface area (Å²) in [5.74, 6) is 0.621. The maximum atomic E-state index is 3.45. The first kappa shape index (κ1) is 14.5. The van der Waals surface area contributed by atoms with Crippen LogP contribution in [-0.2, 0) is 6.42 Å². The molecule has 2 rings (SSSR count). The van der Waals surface area contributed by atoms with Gasteiger partial charge in [0.05, 0.1) is 0 Å². The molecule has 0 bridgehead atoms. The van der Waals surface area contributed by atoms with Crippen molar-refractivity contribution in [1.29, 1.82) is 0 Å². The van der Waals surface area contributed by atoms with Crippen LogP contribution in [0, 0.1) is 6.92 Å². The van der Waals surface area contributed by atoms with Gasteiger partial charge >= 0.3 is 0 Å². The number of rotatable bonds is 5. The number of benzene rings is 1. The van der Waals surface area contributed by atoms with Crippen LogP contribution in [0.5, 0.6) is 0 Å². The van der Waals surface area contributed by atoms with E-state index in [1.807, 2.05) is 0 Å². The summed E-state index contributed by atoms with van der Waals surface area (Å²) in [6.45, 7) is 10.3. The highest BCUT2D eigenvalue weighted by molar-refractivity contribution is 5.32.